The van der Waals surface area contributed by atoms with Gasteiger partial charge in [0.15, 0.2) is 0 Å². The fourth-order valence-corrected chi connectivity index (χ4v) is 7.91. The van der Waals surface area contributed by atoms with Crippen molar-refractivity contribution in [1.29, 1.82) is 0 Å². The van der Waals surface area contributed by atoms with E-state index in [2.05, 4.69) is 75.4 Å². The minimum absolute atomic E-state index is 0.276. The second-order valence-corrected chi connectivity index (χ2v) is 13.1. The number of rotatable bonds is 7. The number of aromatic carboxylic acids is 1. The van der Waals surface area contributed by atoms with Gasteiger partial charge >= 0.3 is 5.97 Å². The molecule has 6 nitrogen and oxygen atoms in total. The van der Waals surface area contributed by atoms with Gasteiger partial charge in [0.2, 0.25) is 0 Å². The Kier molecular flexibility index (Phi) is 8.49. The van der Waals surface area contributed by atoms with Gasteiger partial charge < -0.3 is 20.0 Å². The molecular formula is C39H43N3O3. The number of phenolic OH excluding ortho intramolecular Hbond substituents is 1. The Morgan fingerprint density at radius 1 is 0.689 bits per heavy atom. The summed E-state index contributed by atoms with van der Waals surface area (Å²) >= 11 is 0. The lowest BCUT2D eigenvalue weighted by Gasteiger charge is -2.40. The van der Waals surface area contributed by atoms with E-state index in [9.17, 15) is 15.0 Å². The molecule has 1 aliphatic carbocycles. The van der Waals surface area contributed by atoms with Crippen LogP contribution in [0.4, 0.5) is 11.4 Å². The normalized spacial score (nSPS) is 21.0. The topological polar surface area (TPSA) is 67.2 Å². The highest BCUT2D eigenvalue weighted by atomic mass is 16.4. The summed E-state index contributed by atoms with van der Waals surface area (Å²) in [6.07, 6.45) is 4.42. The molecule has 0 unspecified atom stereocenters. The zero-order chi connectivity index (χ0) is 30.8. The third kappa shape index (κ3) is 6.43. The number of piperidine rings is 1. The van der Waals surface area contributed by atoms with Crippen molar-refractivity contribution in [3.63, 3.8) is 0 Å². The van der Waals surface area contributed by atoms with Gasteiger partial charge in [0.1, 0.15) is 5.75 Å². The summed E-state index contributed by atoms with van der Waals surface area (Å²) in [5.41, 5.74) is 8.13. The van der Waals surface area contributed by atoms with Crippen molar-refractivity contribution in [2.45, 2.75) is 37.5 Å². The molecule has 2 fully saturated rings. The maximum absolute atomic E-state index is 11.2. The molecule has 0 amide bonds. The Bertz CT molecular complexity index is 1590. The first-order valence-electron chi connectivity index (χ1n) is 16.5. The van der Waals surface area contributed by atoms with Gasteiger partial charge in [0, 0.05) is 63.1 Å². The standard InChI is InChI=1S/C39H43N3O3/c43-35-15-17-37-32(26-35)10-16-36(29-4-2-1-3-5-29)38(37)30-6-11-34(12-7-30)42-24-22-40(23-25-42)27-28-18-20-41(21-19-28)33-13-8-31(9-14-33)39(44)45/h1-9,11-15,17,26,28,36,38,43H,10,16,18-25,27H2,(H,44,45)/t36-,38+/m1/s1. The SMILES string of the molecule is O=C(O)c1ccc(N2CCC(CN3CCN(c4ccc([C@@H]5c6ccc(O)cc6CC[C@@H]5c5ccccc5)cc4)CC3)CC2)cc1. The molecule has 0 saturated carbocycles. The summed E-state index contributed by atoms with van der Waals surface area (Å²) in [5.74, 6) is 0.890. The fourth-order valence-electron chi connectivity index (χ4n) is 7.91. The number of nitrogens with zero attached hydrogens (tertiary/aromatic N) is 3. The van der Waals surface area contributed by atoms with E-state index in [0.717, 1.165) is 64.3 Å². The van der Waals surface area contributed by atoms with E-state index in [1.54, 1.807) is 12.1 Å². The second kappa shape index (κ2) is 13.0. The summed E-state index contributed by atoms with van der Waals surface area (Å²) in [4.78, 5) is 18.7. The predicted molar refractivity (Wildman–Crippen MR) is 181 cm³/mol. The van der Waals surface area contributed by atoms with Crippen LogP contribution in [-0.2, 0) is 6.42 Å². The van der Waals surface area contributed by atoms with E-state index in [1.165, 1.54) is 40.8 Å². The van der Waals surface area contributed by atoms with E-state index in [0.29, 0.717) is 23.1 Å². The lowest BCUT2D eigenvalue weighted by molar-refractivity contribution is 0.0697. The summed E-state index contributed by atoms with van der Waals surface area (Å²) < 4.78 is 0. The third-order valence-corrected chi connectivity index (χ3v) is 10.4. The second-order valence-electron chi connectivity index (χ2n) is 13.1. The predicted octanol–water partition coefficient (Wildman–Crippen LogP) is 6.99. The highest BCUT2D eigenvalue weighted by Crippen LogP contribution is 2.47. The van der Waals surface area contributed by atoms with Crippen molar-refractivity contribution in [1.82, 2.24) is 4.90 Å². The number of benzene rings is 4. The Balaban J connectivity index is 0.954. The largest absolute Gasteiger partial charge is 0.508 e. The molecule has 6 heteroatoms. The average molecular weight is 602 g/mol. The van der Waals surface area contributed by atoms with Crippen LogP contribution in [0.1, 0.15) is 63.7 Å². The Morgan fingerprint density at radius 3 is 2.00 bits per heavy atom. The molecule has 2 N–H and O–H groups in total. The molecule has 2 atom stereocenters. The number of carboxylic acid groups (broad SMARTS) is 1. The van der Waals surface area contributed by atoms with E-state index >= 15 is 0 Å². The van der Waals surface area contributed by atoms with E-state index in [-0.39, 0.29) is 5.92 Å². The molecule has 3 aliphatic rings. The molecule has 2 heterocycles. The van der Waals surface area contributed by atoms with Crippen molar-refractivity contribution < 1.29 is 15.0 Å². The van der Waals surface area contributed by atoms with Crippen LogP contribution in [0.15, 0.2) is 97.1 Å². The monoisotopic (exact) mass is 601 g/mol. The van der Waals surface area contributed by atoms with Crippen molar-refractivity contribution >= 4 is 17.3 Å². The van der Waals surface area contributed by atoms with Gasteiger partial charge in [-0.3, -0.25) is 4.90 Å². The van der Waals surface area contributed by atoms with E-state index in [4.69, 9.17) is 0 Å². The van der Waals surface area contributed by atoms with Gasteiger partial charge in [-0.25, -0.2) is 4.79 Å². The molecule has 0 aromatic heterocycles. The molecule has 7 rings (SSSR count). The number of carbonyl (C=O) groups is 1. The fraction of sp³-hybridized carbons (Fsp3) is 0.359. The van der Waals surface area contributed by atoms with Gasteiger partial charge in [0.05, 0.1) is 5.56 Å². The minimum atomic E-state index is -0.873. The van der Waals surface area contributed by atoms with Crippen LogP contribution in [0.2, 0.25) is 0 Å². The van der Waals surface area contributed by atoms with Gasteiger partial charge in [-0.2, -0.15) is 0 Å². The average Bonchev–Trinajstić information content (AvgIpc) is 3.09. The number of aryl methyl sites for hydroxylation is 1. The van der Waals surface area contributed by atoms with Crippen LogP contribution < -0.4 is 9.80 Å². The summed E-state index contributed by atoms with van der Waals surface area (Å²) in [5, 5.41) is 19.3. The lowest BCUT2D eigenvalue weighted by Crippen LogP contribution is -2.49. The number of carboxylic acids is 1. The number of hydrogen-bond donors (Lipinski definition) is 2. The zero-order valence-corrected chi connectivity index (χ0v) is 25.9. The quantitative estimate of drug-likeness (QED) is 0.238. The maximum Gasteiger partial charge on any atom is 0.335 e. The third-order valence-electron chi connectivity index (χ3n) is 10.4. The first kappa shape index (κ1) is 29.4. The molecule has 0 spiro atoms. The van der Waals surface area contributed by atoms with Crippen LogP contribution in [-0.4, -0.2) is 66.9 Å². The van der Waals surface area contributed by atoms with Crippen LogP contribution in [0.3, 0.4) is 0 Å². The van der Waals surface area contributed by atoms with Crippen molar-refractivity contribution in [3.8, 4) is 5.75 Å². The van der Waals surface area contributed by atoms with Crippen molar-refractivity contribution in [2.24, 2.45) is 5.92 Å². The number of hydrogen-bond acceptors (Lipinski definition) is 5. The molecule has 4 aromatic carbocycles. The summed E-state index contributed by atoms with van der Waals surface area (Å²) in [6.45, 7) is 7.50. The lowest BCUT2D eigenvalue weighted by atomic mass is 9.69. The molecule has 0 bridgehead atoms. The number of piperazine rings is 1. The van der Waals surface area contributed by atoms with Gasteiger partial charge in [-0.05, 0) is 108 Å². The smallest absolute Gasteiger partial charge is 0.335 e. The molecule has 4 aromatic rings. The number of anilines is 2. The van der Waals surface area contributed by atoms with Crippen LogP contribution in [0.25, 0.3) is 0 Å². The number of fused-ring (bicyclic) bond motifs is 1. The Hall–Kier alpha value is -4.29. The molecular weight excluding hydrogens is 558 g/mol. The first-order valence-corrected chi connectivity index (χ1v) is 16.5. The molecule has 2 saturated heterocycles. The Labute approximate surface area is 266 Å². The number of phenols is 1. The van der Waals surface area contributed by atoms with Crippen LogP contribution >= 0.6 is 0 Å². The summed E-state index contributed by atoms with van der Waals surface area (Å²) in [6, 6.07) is 33.5. The van der Waals surface area contributed by atoms with Gasteiger partial charge in [-0.15, -0.1) is 0 Å². The number of aromatic hydroxyl groups is 1. The maximum atomic E-state index is 11.2. The summed E-state index contributed by atoms with van der Waals surface area (Å²) in [7, 11) is 0. The molecule has 45 heavy (non-hydrogen) atoms. The molecule has 2 aliphatic heterocycles. The highest BCUT2D eigenvalue weighted by Gasteiger charge is 2.32. The molecule has 0 radical (unpaired) electrons. The zero-order valence-electron chi connectivity index (χ0n) is 25.9. The first-order chi connectivity index (χ1) is 22.0. The van der Waals surface area contributed by atoms with Gasteiger partial charge in [-0.1, -0.05) is 48.5 Å². The van der Waals surface area contributed by atoms with Crippen molar-refractivity contribution in [3.05, 3.63) is 125 Å². The van der Waals surface area contributed by atoms with E-state index in [1.807, 2.05) is 24.3 Å². The van der Waals surface area contributed by atoms with Crippen LogP contribution in [0, 0.1) is 5.92 Å². The highest BCUT2D eigenvalue weighted by molar-refractivity contribution is 5.88. The molecule has 232 valence electrons. The van der Waals surface area contributed by atoms with Gasteiger partial charge in [0.25, 0.3) is 0 Å². The van der Waals surface area contributed by atoms with Crippen LogP contribution in [0.5, 0.6) is 5.75 Å². The Morgan fingerprint density at radius 2 is 1.33 bits per heavy atom. The van der Waals surface area contributed by atoms with Crippen molar-refractivity contribution in [2.75, 3.05) is 55.6 Å². The van der Waals surface area contributed by atoms with E-state index < -0.39 is 5.97 Å². The minimum Gasteiger partial charge on any atom is -0.508 e.